The number of carbonyl (C=O) groups is 1. The lowest BCUT2D eigenvalue weighted by Crippen LogP contribution is -2.08. The molecule has 0 aliphatic carbocycles. The summed E-state index contributed by atoms with van der Waals surface area (Å²) in [7, 11) is 0. The molecule has 0 radical (unpaired) electrons. The maximum absolute atomic E-state index is 10.7. The molecule has 1 rings (SSSR count). The zero-order valence-electron chi connectivity index (χ0n) is 6.91. The largest absolute Gasteiger partial charge is 0.395 e. The molecule has 0 atom stereocenters. The van der Waals surface area contributed by atoms with Crippen LogP contribution in [0.1, 0.15) is 21.7 Å². The maximum atomic E-state index is 10.7. The molecule has 13 heavy (non-hydrogen) atoms. The maximum Gasteiger partial charge on any atom is 0.249 e. The monoisotopic (exact) mass is 195 g/mol. The van der Waals surface area contributed by atoms with Crippen LogP contribution in [0, 0.1) is 11.8 Å². The normalized spacial score (nSPS) is 9.00. The summed E-state index contributed by atoms with van der Waals surface area (Å²) in [5.41, 5.74) is 5.55. The summed E-state index contributed by atoms with van der Waals surface area (Å²) in [6.45, 7) is 0.0566. The second-order valence-electron chi connectivity index (χ2n) is 2.34. The zero-order valence-corrected chi connectivity index (χ0v) is 7.73. The standard InChI is InChI=1S/C9H9NO2S/c10-9(12)7-5-8(13-6-7)3-1-2-4-11/h5-6,11H,2,4H2,(H2,10,12). The summed E-state index contributed by atoms with van der Waals surface area (Å²) in [4.78, 5) is 11.5. The van der Waals surface area contributed by atoms with E-state index in [-0.39, 0.29) is 6.61 Å². The lowest BCUT2D eigenvalue weighted by Gasteiger charge is -1.82. The Kier molecular flexibility index (Phi) is 3.50. The molecular formula is C9H9NO2S. The Labute approximate surface area is 80.2 Å². The van der Waals surface area contributed by atoms with E-state index in [9.17, 15) is 4.79 Å². The molecule has 0 aromatic carbocycles. The molecule has 1 aromatic heterocycles. The average molecular weight is 195 g/mol. The van der Waals surface area contributed by atoms with Crippen LogP contribution in [-0.4, -0.2) is 17.6 Å². The third kappa shape index (κ3) is 2.90. The highest BCUT2D eigenvalue weighted by Gasteiger charge is 2.01. The van der Waals surface area contributed by atoms with Crippen LogP contribution in [0.2, 0.25) is 0 Å². The molecule has 0 bridgehead atoms. The van der Waals surface area contributed by atoms with Gasteiger partial charge < -0.3 is 10.8 Å². The average Bonchev–Trinajstić information content (AvgIpc) is 2.53. The van der Waals surface area contributed by atoms with Crippen LogP contribution in [0.25, 0.3) is 0 Å². The number of aliphatic hydroxyl groups is 1. The summed E-state index contributed by atoms with van der Waals surface area (Å²) < 4.78 is 0. The van der Waals surface area contributed by atoms with Gasteiger partial charge in [-0.25, -0.2) is 0 Å². The first-order valence-corrected chi connectivity index (χ1v) is 4.60. The Balaban J connectivity index is 2.71. The summed E-state index contributed by atoms with van der Waals surface area (Å²) in [6.07, 6.45) is 0.448. The van der Waals surface area contributed by atoms with Crippen molar-refractivity contribution < 1.29 is 9.90 Å². The van der Waals surface area contributed by atoms with Crippen LogP contribution in [0.4, 0.5) is 0 Å². The molecule has 0 fully saturated rings. The van der Waals surface area contributed by atoms with Gasteiger partial charge in [0.25, 0.3) is 0 Å². The van der Waals surface area contributed by atoms with Crippen LogP contribution < -0.4 is 5.73 Å². The number of primary amides is 1. The lowest BCUT2D eigenvalue weighted by atomic mass is 10.3. The van der Waals surface area contributed by atoms with Crippen molar-refractivity contribution in [3.05, 3.63) is 21.9 Å². The van der Waals surface area contributed by atoms with Crippen LogP contribution in [-0.2, 0) is 0 Å². The zero-order chi connectivity index (χ0) is 9.68. The molecule has 1 amide bonds. The third-order valence-corrected chi connectivity index (χ3v) is 2.18. The first kappa shape index (κ1) is 9.78. The van der Waals surface area contributed by atoms with Gasteiger partial charge in [0.2, 0.25) is 5.91 Å². The quantitative estimate of drug-likeness (QED) is 0.678. The molecular weight excluding hydrogens is 186 g/mol. The van der Waals surface area contributed by atoms with Crippen LogP contribution in [0.15, 0.2) is 11.4 Å². The highest BCUT2D eigenvalue weighted by Crippen LogP contribution is 2.12. The van der Waals surface area contributed by atoms with Gasteiger partial charge in [-0.3, -0.25) is 4.79 Å². The van der Waals surface area contributed by atoms with E-state index < -0.39 is 5.91 Å². The minimum atomic E-state index is -0.438. The Bertz CT molecular complexity index is 359. The molecule has 68 valence electrons. The Morgan fingerprint density at radius 1 is 1.69 bits per heavy atom. The highest BCUT2D eigenvalue weighted by atomic mass is 32.1. The van der Waals surface area contributed by atoms with E-state index in [1.165, 1.54) is 11.3 Å². The fraction of sp³-hybridized carbons (Fsp3) is 0.222. The smallest absolute Gasteiger partial charge is 0.249 e. The van der Waals surface area contributed by atoms with Gasteiger partial charge in [0.05, 0.1) is 17.0 Å². The summed E-state index contributed by atoms with van der Waals surface area (Å²) in [5, 5.41) is 10.1. The molecule has 0 spiro atoms. The molecule has 4 heteroatoms. The minimum absolute atomic E-state index is 0.0566. The molecule has 0 saturated heterocycles. The molecule has 0 aliphatic heterocycles. The number of aliphatic hydroxyl groups excluding tert-OH is 1. The topological polar surface area (TPSA) is 63.3 Å². The molecule has 1 heterocycles. The number of amides is 1. The number of thiophene rings is 1. The third-order valence-electron chi connectivity index (χ3n) is 1.33. The van der Waals surface area contributed by atoms with Crippen molar-refractivity contribution in [3.8, 4) is 11.8 Å². The lowest BCUT2D eigenvalue weighted by molar-refractivity contribution is 0.100. The van der Waals surface area contributed by atoms with Gasteiger partial charge in [0, 0.05) is 11.8 Å². The highest BCUT2D eigenvalue weighted by molar-refractivity contribution is 7.10. The van der Waals surface area contributed by atoms with Crippen molar-refractivity contribution in [2.45, 2.75) is 6.42 Å². The summed E-state index contributed by atoms with van der Waals surface area (Å²) >= 11 is 1.37. The SMILES string of the molecule is NC(=O)c1csc(C#CCCO)c1. The first-order valence-electron chi connectivity index (χ1n) is 3.72. The van der Waals surface area contributed by atoms with E-state index in [1.54, 1.807) is 11.4 Å². The Morgan fingerprint density at radius 3 is 3.00 bits per heavy atom. The second kappa shape index (κ2) is 4.65. The number of nitrogens with two attached hydrogens (primary N) is 1. The van der Waals surface area contributed by atoms with Gasteiger partial charge >= 0.3 is 0 Å². The second-order valence-corrected chi connectivity index (χ2v) is 3.25. The van der Waals surface area contributed by atoms with E-state index >= 15 is 0 Å². The van der Waals surface area contributed by atoms with Crippen molar-refractivity contribution >= 4 is 17.2 Å². The van der Waals surface area contributed by atoms with E-state index in [4.69, 9.17) is 10.8 Å². The molecule has 0 aliphatic rings. The van der Waals surface area contributed by atoms with Gasteiger partial charge in [-0.15, -0.1) is 11.3 Å². The van der Waals surface area contributed by atoms with Crippen LogP contribution in [0.3, 0.4) is 0 Å². The Hall–Kier alpha value is -1.31. The van der Waals surface area contributed by atoms with Gasteiger partial charge in [-0.05, 0) is 6.07 Å². The molecule has 0 unspecified atom stereocenters. The van der Waals surface area contributed by atoms with Crippen molar-refractivity contribution in [2.24, 2.45) is 5.73 Å². The van der Waals surface area contributed by atoms with E-state index in [1.807, 2.05) is 0 Å². The van der Waals surface area contributed by atoms with E-state index in [0.717, 1.165) is 4.88 Å². The van der Waals surface area contributed by atoms with E-state index in [2.05, 4.69) is 11.8 Å². The van der Waals surface area contributed by atoms with Gasteiger partial charge in [0.1, 0.15) is 0 Å². The summed E-state index contributed by atoms with van der Waals surface area (Å²) in [5.74, 6) is 5.15. The van der Waals surface area contributed by atoms with Crippen LogP contribution >= 0.6 is 11.3 Å². The number of hydrogen-bond acceptors (Lipinski definition) is 3. The van der Waals surface area contributed by atoms with Crippen molar-refractivity contribution in [2.75, 3.05) is 6.61 Å². The van der Waals surface area contributed by atoms with Crippen LogP contribution in [0.5, 0.6) is 0 Å². The number of carbonyl (C=O) groups excluding carboxylic acids is 1. The van der Waals surface area contributed by atoms with Gasteiger partial charge in [-0.2, -0.15) is 0 Å². The number of hydrogen-bond donors (Lipinski definition) is 2. The first-order chi connectivity index (χ1) is 6.24. The predicted octanol–water partition coefficient (Wildman–Crippen LogP) is 0.581. The van der Waals surface area contributed by atoms with Crippen molar-refractivity contribution in [1.82, 2.24) is 0 Å². The predicted molar refractivity (Wildman–Crippen MR) is 51.4 cm³/mol. The van der Waals surface area contributed by atoms with Gasteiger partial charge in [0.15, 0.2) is 0 Å². The van der Waals surface area contributed by atoms with Crippen molar-refractivity contribution in [1.29, 1.82) is 0 Å². The minimum Gasteiger partial charge on any atom is -0.395 e. The fourth-order valence-electron chi connectivity index (χ4n) is 0.737. The molecule has 3 nitrogen and oxygen atoms in total. The van der Waals surface area contributed by atoms with Crippen molar-refractivity contribution in [3.63, 3.8) is 0 Å². The number of rotatable bonds is 2. The fourth-order valence-corrected chi connectivity index (χ4v) is 1.50. The Morgan fingerprint density at radius 2 is 2.46 bits per heavy atom. The molecule has 0 saturated carbocycles. The van der Waals surface area contributed by atoms with Gasteiger partial charge in [-0.1, -0.05) is 11.8 Å². The molecule has 1 aromatic rings. The van der Waals surface area contributed by atoms with E-state index in [0.29, 0.717) is 12.0 Å². The molecule has 3 N–H and O–H groups in total. The summed E-state index contributed by atoms with van der Waals surface area (Å²) in [6, 6.07) is 1.65.